The summed E-state index contributed by atoms with van der Waals surface area (Å²) >= 11 is 7.36. The van der Waals surface area contributed by atoms with Gasteiger partial charge in [-0.25, -0.2) is 5.01 Å². The van der Waals surface area contributed by atoms with Gasteiger partial charge in [-0.15, -0.1) is 0 Å². The molecule has 2 aliphatic heterocycles. The summed E-state index contributed by atoms with van der Waals surface area (Å²) in [5.41, 5.74) is 4.63. The molecule has 3 aromatic carbocycles. The number of anilines is 1. The molecule has 0 bridgehead atoms. The molecule has 2 amide bonds. The fourth-order valence-electron chi connectivity index (χ4n) is 4.36. The number of amidine groups is 1. The summed E-state index contributed by atoms with van der Waals surface area (Å²) in [6, 6.07) is 22.8. The molecular formula is C28H25ClN4O3S. The van der Waals surface area contributed by atoms with E-state index in [1.54, 1.807) is 19.2 Å². The van der Waals surface area contributed by atoms with E-state index < -0.39 is 5.25 Å². The van der Waals surface area contributed by atoms with Crippen LogP contribution in [0.15, 0.2) is 82.9 Å². The molecule has 9 heteroatoms. The molecule has 2 heterocycles. The van der Waals surface area contributed by atoms with Crippen molar-refractivity contribution in [2.45, 2.75) is 31.1 Å². The van der Waals surface area contributed by atoms with E-state index in [4.69, 9.17) is 21.4 Å². The number of carbonyl (C=O) groups is 2. The Bertz CT molecular complexity index is 1410. The number of ether oxygens (including phenoxy) is 1. The first kappa shape index (κ1) is 25.0. The molecule has 5 rings (SSSR count). The Morgan fingerprint density at radius 3 is 2.68 bits per heavy atom. The quantitative estimate of drug-likeness (QED) is 0.431. The number of methoxy groups -OCH3 is 1. The standard InChI is InChI=1S/C28H25ClN4O3S/c1-17-6-5-7-19(14-17)23-15-22(18-10-12-20(29)13-11-18)32-33(23)28-31-27(35)25(37-28)16-26(34)30-21-8-3-4-9-24(21)36-2/h3-14,23,25H,15-16H2,1-2H3,(H,30,34)/t23-,25-/m0/s1. The van der Waals surface area contributed by atoms with E-state index >= 15 is 0 Å². The SMILES string of the molecule is COc1ccccc1NC(=O)C[C@@H]1SC(N2N=C(c3ccc(Cl)cc3)C[C@H]2c2cccc(C)c2)=NC1=O. The van der Waals surface area contributed by atoms with Gasteiger partial charge in [0.25, 0.3) is 5.91 Å². The number of nitrogens with one attached hydrogen (secondary N) is 1. The Labute approximate surface area is 224 Å². The van der Waals surface area contributed by atoms with Crippen molar-refractivity contribution >= 4 is 51.7 Å². The predicted octanol–water partition coefficient (Wildman–Crippen LogP) is 5.83. The average Bonchev–Trinajstić information content (AvgIpc) is 3.49. The third kappa shape index (κ3) is 5.55. The van der Waals surface area contributed by atoms with Crippen molar-refractivity contribution in [2.24, 2.45) is 10.1 Å². The van der Waals surface area contributed by atoms with E-state index in [1.807, 2.05) is 60.5 Å². The van der Waals surface area contributed by atoms with Crippen LogP contribution >= 0.6 is 23.4 Å². The van der Waals surface area contributed by atoms with E-state index in [-0.39, 0.29) is 24.3 Å². The minimum absolute atomic E-state index is 0.00867. The zero-order valence-corrected chi connectivity index (χ0v) is 21.9. The third-order valence-electron chi connectivity index (χ3n) is 6.19. The van der Waals surface area contributed by atoms with Gasteiger partial charge < -0.3 is 10.1 Å². The van der Waals surface area contributed by atoms with Gasteiger partial charge in [-0.1, -0.05) is 77.5 Å². The van der Waals surface area contributed by atoms with Crippen molar-refractivity contribution in [3.63, 3.8) is 0 Å². The number of carbonyl (C=O) groups excluding carboxylic acids is 2. The first-order chi connectivity index (χ1) is 17.9. The van der Waals surface area contributed by atoms with Gasteiger partial charge in [0.1, 0.15) is 11.0 Å². The van der Waals surface area contributed by atoms with Crippen molar-refractivity contribution in [1.82, 2.24) is 5.01 Å². The summed E-state index contributed by atoms with van der Waals surface area (Å²) in [5.74, 6) is -0.0672. The van der Waals surface area contributed by atoms with Crippen LogP contribution in [-0.4, -0.2) is 40.1 Å². The van der Waals surface area contributed by atoms with Crippen LogP contribution in [0.2, 0.25) is 5.02 Å². The topological polar surface area (TPSA) is 83.4 Å². The Hall–Kier alpha value is -3.62. The van der Waals surface area contributed by atoms with Crippen molar-refractivity contribution in [3.05, 3.63) is 94.5 Å². The molecule has 1 N–H and O–H groups in total. The number of hydrogen-bond acceptors (Lipinski definition) is 6. The van der Waals surface area contributed by atoms with Crippen LogP contribution in [0.5, 0.6) is 5.75 Å². The zero-order chi connectivity index (χ0) is 25.9. The van der Waals surface area contributed by atoms with Crippen LogP contribution < -0.4 is 10.1 Å². The molecule has 0 aliphatic carbocycles. The highest BCUT2D eigenvalue weighted by Crippen LogP contribution is 2.39. The second kappa shape index (κ2) is 10.8. The van der Waals surface area contributed by atoms with Gasteiger partial charge in [-0.05, 0) is 42.3 Å². The fraction of sp³-hybridized carbons (Fsp3) is 0.214. The summed E-state index contributed by atoms with van der Waals surface area (Å²) in [4.78, 5) is 29.9. The van der Waals surface area contributed by atoms with Crippen LogP contribution in [-0.2, 0) is 9.59 Å². The number of thioether (sulfide) groups is 1. The molecule has 0 spiro atoms. The Kier molecular flexibility index (Phi) is 7.30. The molecule has 2 atom stereocenters. The van der Waals surface area contributed by atoms with Gasteiger partial charge in [-0.3, -0.25) is 9.59 Å². The molecule has 0 aromatic heterocycles. The average molecular weight is 533 g/mol. The Morgan fingerprint density at radius 1 is 1.14 bits per heavy atom. The molecule has 3 aromatic rings. The van der Waals surface area contributed by atoms with E-state index in [0.717, 1.165) is 22.4 Å². The summed E-state index contributed by atoms with van der Waals surface area (Å²) < 4.78 is 5.30. The molecular weight excluding hydrogens is 508 g/mol. The van der Waals surface area contributed by atoms with E-state index in [9.17, 15) is 9.59 Å². The van der Waals surface area contributed by atoms with E-state index in [1.165, 1.54) is 11.8 Å². The van der Waals surface area contributed by atoms with Gasteiger partial charge >= 0.3 is 0 Å². The van der Waals surface area contributed by atoms with Crippen molar-refractivity contribution < 1.29 is 14.3 Å². The number of benzene rings is 3. The molecule has 0 unspecified atom stereocenters. The molecule has 37 heavy (non-hydrogen) atoms. The van der Waals surface area contributed by atoms with Gasteiger partial charge in [0.15, 0.2) is 5.17 Å². The first-order valence-electron chi connectivity index (χ1n) is 11.8. The van der Waals surface area contributed by atoms with Crippen LogP contribution in [0.1, 0.15) is 35.6 Å². The lowest BCUT2D eigenvalue weighted by atomic mass is 9.97. The molecule has 188 valence electrons. The minimum Gasteiger partial charge on any atom is -0.495 e. The highest BCUT2D eigenvalue weighted by molar-refractivity contribution is 8.15. The van der Waals surface area contributed by atoms with Gasteiger partial charge in [0, 0.05) is 17.9 Å². The lowest BCUT2D eigenvalue weighted by molar-refractivity contribution is -0.121. The predicted molar refractivity (Wildman–Crippen MR) is 148 cm³/mol. The number of aliphatic imine (C=N–C) groups is 1. The van der Waals surface area contributed by atoms with Crippen LogP contribution in [0, 0.1) is 6.92 Å². The highest BCUT2D eigenvalue weighted by Gasteiger charge is 2.39. The molecule has 0 fully saturated rings. The molecule has 7 nitrogen and oxygen atoms in total. The lowest BCUT2D eigenvalue weighted by Gasteiger charge is -2.23. The number of aryl methyl sites for hydroxylation is 1. The smallest absolute Gasteiger partial charge is 0.262 e. The number of halogens is 1. The summed E-state index contributed by atoms with van der Waals surface area (Å²) in [6.07, 6.45) is 0.642. The monoisotopic (exact) mass is 532 g/mol. The Morgan fingerprint density at radius 2 is 1.92 bits per heavy atom. The normalized spacial score (nSPS) is 19.0. The number of amides is 2. The maximum Gasteiger partial charge on any atom is 0.262 e. The van der Waals surface area contributed by atoms with Crippen LogP contribution in [0.4, 0.5) is 5.69 Å². The molecule has 0 saturated heterocycles. The van der Waals surface area contributed by atoms with Crippen LogP contribution in [0.25, 0.3) is 0 Å². The summed E-state index contributed by atoms with van der Waals surface area (Å²) in [7, 11) is 1.54. The largest absolute Gasteiger partial charge is 0.495 e. The second-order valence-electron chi connectivity index (χ2n) is 8.82. The van der Waals surface area contributed by atoms with Crippen molar-refractivity contribution in [3.8, 4) is 5.75 Å². The number of nitrogens with zero attached hydrogens (tertiary/aromatic N) is 3. The minimum atomic E-state index is -0.627. The third-order valence-corrected chi connectivity index (χ3v) is 7.59. The maximum absolute atomic E-state index is 12.8. The molecule has 2 aliphatic rings. The molecule has 0 radical (unpaired) electrons. The van der Waals surface area contributed by atoms with Crippen LogP contribution in [0.3, 0.4) is 0 Å². The number of hydrazone groups is 1. The number of rotatable bonds is 6. The highest BCUT2D eigenvalue weighted by atomic mass is 35.5. The summed E-state index contributed by atoms with van der Waals surface area (Å²) in [6.45, 7) is 2.05. The van der Waals surface area contributed by atoms with Gasteiger partial charge in [-0.2, -0.15) is 10.1 Å². The van der Waals surface area contributed by atoms with Crippen molar-refractivity contribution in [2.75, 3.05) is 12.4 Å². The van der Waals surface area contributed by atoms with E-state index in [0.29, 0.717) is 28.0 Å². The summed E-state index contributed by atoms with van der Waals surface area (Å²) in [5, 5.41) is 10.1. The maximum atomic E-state index is 12.8. The fourth-order valence-corrected chi connectivity index (χ4v) is 5.55. The number of hydrogen-bond donors (Lipinski definition) is 1. The Balaban J connectivity index is 1.35. The molecule has 0 saturated carbocycles. The lowest BCUT2D eigenvalue weighted by Crippen LogP contribution is -2.25. The van der Waals surface area contributed by atoms with Gasteiger partial charge in [0.2, 0.25) is 5.91 Å². The van der Waals surface area contributed by atoms with Crippen molar-refractivity contribution in [1.29, 1.82) is 0 Å². The number of para-hydroxylation sites is 2. The first-order valence-corrected chi connectivity index (χ1v) is 13.1. The zero-order valence-electron chi connectivity index (χ0n) is 20.3. The second-order valence-corrected chi connectivity index (χ2v) is 10.4. The van der Waals surface area contributed by atoms with Gasteiger partial charge in [0.05, 0.1) is 24.6 Å². The van der Waals surface area contributed by atoms with E-state index in [2.05, 4.69) is 22.4 Å².